The second-order valence-electron chi connectivity index (χ2n) is 7.04. The van der Waals surface area contributed by atoms with Crippen LogP contribution in [0.1, 0.15) is 62.7 Å². The van der Waals surface area contributed by atoms with Crippen LogP contribution in [0.3, 0.4) is 0 Å². The third-order valence-electron chi connectivity index (χ3n) is 4.63. The number of sulfonamides is 1. The highest BCUT2D eigenvalue weighted by molar-refractivity contribution is 7.89. The van der Waals surface area contributed by atoms with Gasteiger partial charge in [-0.05, 0) is 23.1 Å². The van der Waals surface area contributed by atoms with Gasteiger partial charge in [0.05, 0.1) is 10.8 Å². The molecule has 1 aromatic heterocycles. The third-order valence-corrected chi connectivity index (χ3v) is 5.56. The van der Waals surface area contributed by atoms with Crippen LogP contribution in [0.2, 0.25) is 0 Å². The minimum absolute atomic E-state index is 0.0100. The molecule has 7 heteroatoms. The number of benzene rings is 1. The lowest BCUT2D eigenvalue weighted by Gasteiger charge is -2.04. The number of primary sulfonamides is 1. The first kappa shape index (κ1) is 16.1. The van der Waals surface area contributed by atoms with Crippen molar-refractivity contribution in [2.75, 3.05) is 0 Å². The van der Waals surface area contributed by atoms with Gasteiger partial charge < -0.3 is 4.52 Å². The van der Waals surface area contributed by atoms with Crippen molar-refractivity contribution < 1.29 is 12.9 Å². The van der Waals surface area contributed by atoms with Crippen molar-refractivity contribution in [1.29, 1.82) is 0 Å². The molecule has 0 bridgehead atoms. The first-order valence-corrected chi connectivity index (χ1v) is 9.13. The number of nitrogens with zero attached hydrogens (tertiary/aromatic N) is 2. The van der Waals surface area contributed by atoms with Gasteiger partial charge in [0, 0.05) is 11.8 Å². The summed E-state index contributed by atoms with van der Waals surface area (Å²) in [6.07, 6.45) is 0. The largest absolute Gasteiger partial charge is 0.339 e. The molecule has 0 saturated heterocycles. The van der Waals surface area contributed by atoms with Crippen molar-refractivity contribution >= 4 is 10.0 Å². The Morgan fingerprint density at radius 2 is 1.78 bits per heavy atom. The maximum atomic E-state index is 11.4. The van der Waals surface area contributed by atoms with Gasteiger partial charge in [0.25, 0.3) is 0 Å². The van der Waals surface area contributed by atoms with Crippen molar-refractivity contribution in [1.82, 2.24) is 10.1 Å². The minimum atomic E-state index is -3.67. The fourth-order valence-corrected chi connectivity index (χ4v) is 3.71. The molecule has 1 heterocycles. The van der Waals surface area contributed by atoms with Gasteiger partial charge in [-0.1, -0.05) is 45.0 Å². The Morgan fingerprint density at radius 1 is 1.17 bits per heavy atom. The maximum Gasteiger partial charge on any atom is 0.238 e. The molecule has 2 atom stereocenters. The first-order valence-electron chi connectivity index (χ1n) is 7.58. The van der Waals surface area contributed by atoms with Crippen molar-refractivity contribution in [3.63, 3.8) is 0 Å². The summed E-state index contributed by atoms with van der Waals surface area (Å²) < 4.78 is 28.1. The van der Waals surface area contributed by atoms with Gasteiger partial charge in [-0.15, -0.1) is 0 Å². The number of hydrogen-bond acceptors (Lipinski definition) is 5. The maximum absolute atomic E-state index is 11.4. The van der Waals surface area contributed by atoms with Crippen molar-refractivity contribution in [2.45, 2.75) is 50.3 Å². The van der Waals surface area contributed by atoms with Gasteiger partial charge in [0.15, 0.2) is 5.82 Å². The molecule has 3 rings (SSSR count). The average molecular weight is 335 g/mol. The van der Waals surface area contributed by atoms with Crippen molar-refractivity contribution in [3.05, 3.63) is 41.5 Å². The number of aromatic nitrogens is 2. The molecule has 1 saturated carbocycles. The number of nitrogens with two attached hydrogens (primary N) is 1. The van der Waals surface area contributed by atoms with Gasteiger partial charge in [-0.25, -0.2) is 13.6 Å². The van der Waals surface area contributed by atoms with E-state index in [4.69, 9.17) is 9.66 Å². The number of hydrogen-bond donors (Lipinski definition) is 1. The highest BCUT2D eigenvalue weighted by Gasteiger charge is 2.62. The normalized spacial score (nSPS) is 23.2. The van der Waals surface area contributed by atoms with Crippen LogP contribution < -0.4 is 5.14 Å². The van der Waals surface area contributed by atoms with E-state index in [2.05, 4.69) is 24.0 Å². The summed E-state index contributed by atoms with van der Waals surface area (Å²) in [5.74, 6) is 1.95. The topological polar surface area (TPSA) is 99.1 Å². The van der Waals surface area contributed by atoms with E-state index in [0.717, 1.165) is 5.56 Å². The summed E-state index contributed by atoms with van der Waals surface area (Å²) in [5, 5.41) is 9.18. The molecule has 1 aromatic carbocycles. The van der Waals surface area contributed by atoms with Gasteiger partial charge in [-0.3, -0.25) is 0 Å². The summed E-state index contributed by atoms with van der Waals surface area (Å²) in [6, 6.07) is 6.71. The van der Waals surface area contributed by atoms with Crippen LogP contribution in [-0.4, -0.2) is 18.6 Å². The average Bonchev–Trinajstić information content (AvgIpc) is 2.84. The second kappa shape index (κ2) is 5.14. The summed E-state index contributed by atoms with van der Waals surface area (Å²) >= 11 is 0. The second-order valence-corrected chi connectivity index (χ2v) is 8.60. The molecule has 0 radical (unpaired) electrons. The molecule has 23 heavy (non-hydrogen) atoms. The van der Waals surface area contributed by atoms with E-state index < -0.39 is 10.0 Å². The molecule has 2 aromatic rings. The van der Waals surface area contributed by atoms with E-state index in [1.165, 1.54) is 0 Å². The van der Waals surface area contributed by atoms with Crippen LogP contribution >= 0.6 is 0 Å². The van der Waals surface area contributed by atoms with E-state index in [1.807, 2.05) is 26.0 Å². The van der Waals surface area contributed by atoms with Gasteiger partial charge in [-0.2, -0.15) is 4.98 Å². The molecule has 0 amide bonds. The fraction of sp³-hybridized carbons (Fsp3) is 0.500. The van der Waals surface area contributed by atoms with E-state index >= 15 is 0 Å². The SMILES string of the molecule is CC(C)c1noc([C@H]2[C@H](c3ccc(S(N)(=O)=O)cc3)C2(C)C)n1. The molecule has 0 unspecified atom stereocenters. The first-order chi connectivity index (χ1) is 10.6. The van der Waals surface area contributed by atoms with E-state index in [-0.39, 0.29) is 28.1 Å². The zero-order valence-electron chi connectivity index (χ0n) is 13.6. The smallest absolute Gasteiger partial charge is 0.238 e. The standard InChI is InChI=1S/C16H21N3O3S/c1-9(2)14-18-15(22-19-14)13-12(16(13,3)4)10-5-7-11(8-6-10)23(17,20)21/h5-9,12-13H,1-4H3,(H2,17,20,21)/t12-,13+/m0/s1. The summed E-state index contributed by atoms with van der Waals surface area (Å²) in [5.41, 5.74) is 1.04. The molecule has 0 aliphatic heterocycles. The predicted octanol–water partition coefficient (Wildman–Crippen LogP) is 2.75. The third kappa shape index (κ3) is 2.79. The van der Waals surface area contributed by atoms with Crippen LogP contribution in [0, 0.1) is 5.41 Å². The molecular formula is C16H21N3O3S. The van der Waals surface area contributed by atoms with Crippen LogP contribution in [0.25, 0.3) is 0 Å². The van der Waals surface area contributed by atoms with Gasteiger partial charge in [0.1, 0.15) is 0 Å². The lowest BCUT2D eigenvalue weighted by Crippen LogP contribution is -2.11. The molecule has 1 aliphatic rings. The Morgan fingerprint density at radius 3 is 2.26 bits per heavy atom. The van der Waals surface area contributed by atoms with E-state index in [1.54, 1.807) is 12.1 Å². The Hall–Kier alpha value is -1.73. The van der Waals surface area contributed by atoms with Crippen LogP contribution in [0.15, 0.2) is 33.7 Å². The van der Waals surface area contributed by atoms with E-state index in [0.29, 0.717) is 11.7 Å². The van der Waals surface area contributed by atoms with Crippen molar-refractivity contribution in [3.8, 4) is 0 Å². The Labute approximate surface area is 136 Å². The molecule has 124 valence electrons. The molecule has 1 aliphatic carbocycles. The lowest BCUT2D eigenvalue weighted by molar-refractivity contribution is 0.361. The number of rotatable bonds is 4. The fourth-order valence-electron chi connectivity index (χ4n) is 3.19. The van der Waals surface area contributed by atoms with Crippen LogP contribution in [-0.2, 0) is 10.0 Å². The molecular weight excluding hydrogens is 314 g/mol. The highest BCUT2D eigenvalue weighted by atomic mass is 32.2. The predicted molar refractivity (Wildman–Crippen MR) is 85.5 cm³/mol. The van der Waals surface area contributed by atoms with Crippen LogP contribution in [0.4, 0.5) is 0 Å². The van der Waals surface area contributed by atoms with Gasteiger partial charge in [0.2, 0.25) is 15.9 Å². The van der Waals surface area contributed by atoms with Crippen LogP contribution in [0.5, 0.6) is 0 Å². The quantitative estimate of drug-likeness (QED) is 0.926. The Balaban J connectivity index is 1.88. The summed E-state index contributed by atoms with van der Waals surface area (Å²) in [7, 11) is -3.67. The summed E-state index contributed by atoms with van der Waals surface area (Å²) in [6.45, 7) is 8.34. The minimum Gasteiger partial charge on any atom is -0.339 e. The Bertz CT molecular complexity index is 823. The van der Waals surface area contributed by atoms with E-state index in [9.17, 15) is 8.42 Å². The van der Waals surface area contributed by atoms with Crippen molar-refractivity contribution in [2.24, 2.45) is 10.6 Å². The molecule has 1 fully saturated rings. The zero-order chi connectivity index (χ0) is 17.0. The highest BCUT2D eigenvalue weighted by Crippen LogP contribution is 2.69. The molecule has 0 spiro atoms. The molecule has 6 nitrogen and oxygen atoms in total. The van der Waals surface area contributed by atoms with Gasteiger partial charge >= 0.3 is 0 Å². The lowest BCUT2D eigenvalue weighted by atomic mass is 10.0. The Kier molecular flexibility index (Phi) is 3.61. The summed E-state index contributed by atoms with van der Waals surface area (Å²) in [4.78, 5) is 4.63. The molecule has 2 N–H and O–H groups in total. The zero-order valence-corrected chi connectivity index (χ0v) is 14.5. The monoisotopic (exact) mass is 335 g/mol.